The summed E-state index contributed by atoms with van der Waals surface area (Å²) >= 11 is 1.73. The summed E-state index contributed by atoms with van der Waals surface area (Å²) in [5.74, 6) is 0.911. The lowest BCUT2D eigenvalue weighted by Crippen LogP contribution is -2.39. The van der Waals surface area contributed by atoms with E-state index >= 15 is 0 Å². The minimum absolute atomic E-state index is 0.0947. The van der Waals surface area contributed by atoms with Crippen molar-refractivity contribution < 1.29 is 9.47 Å². The molecule has 1 fully saturated rings. The molecular formula is C20H28N2O2S. The predicted octanol–water partition coefficient (Wildman–Crippen LogP) is 4.07. The molecule has 0 spiro atoms. The zero-order valence-corrected chi connectivity index (χ0v) is 16.4. The maximum atomic E-state index is 5.99. The summed E-state index contributed by atoms with van der Waals surface area (Å²) in [5.41, 5.74) is 2.59. The molecule has 4 nitrogen and oxygen atoms in total. The van der Waals surface area contributed by atoms with Gasteiger partial charge in [-0.2, -0.15) is 0 Å². The van der Waals surface area contributed by atoms with Gasteiger partial charge in [0.05, 0.1) is 19.4 Å². The molecule has 0 bridgehead atoms. The summed E-state index contributed by atoms with van der Waals surface area (Å²) in [7, 11) is 1.70. The normalized spacial score (nSPS) is 19.1. The smallest absolute Gasteiger partial charge is 0.123 e. The molecule has 0 aliphatic carbocycles. The van der Waals surface area contributed by atoms with Gasteiger partial charge in [0.15, 0.2) is 0 Å². The van der Waals surface area contributed by atoms with Gasteiger partial charge in [0.2, 0.25) is 0 Å². The quantitative estimate of drug-likeness (QED) is 0.805. The fraction of sp³-hybridized carbons (Fsp3) is 0.550. The van der Waals surface area contributed by atoms with Gasteiger partial charge in [-0.05, 0) is 24.1 Å². The van der Waals surface area contributed by atoms with Crippen LogP contribution >= 0.6 is 11.3 Å². The molecule has 2 aromatic rings. The number of nitrogens with zero attached hydrogens (tertiary/aromatic N) is 2. The molecular weight excluding hydrogens is 332 g/mol. The van der Waals surface area contributed by atoms with Gasteiger partial charge in [-0.3, -0.25) is 4.90 Å². The van der Waals surface area contributed by atoms with E-state index in [1.54, 1.807) is 18.4 Å². The van der Waals surface area contributed by atoms with E-state index in [2.05, 4.69) is 43.2 Å². The number of ether oxygens (including phenoxy) is 2. The molecule has 0 radical (unpaired) electrons. The van der Waals surface area contributed by atoms with Crippen LogP contribution in [0.15, 0.2) is 29.6 Å². The van der Waals surface area contributed by atoms with Gasteiger partial charge in [0, 0.05) is 30.4 Å². The van der Waals surface area contributed by atoms with Crippen molar-refractivity contribution in [1.29, 1.82) is 0 Å². The van der Waals surface area contributed by atoms with E-state index in [4.69, 9.17) is 14.5 Å². The van der Waals surface area contributed by atoms with Crippen LogP contribution in [-0.2, 0) is 16.6 Å². The molecule has 2 heterocycles. The summed E-state index contributed by atoms with van der Waals surface area (Å²) in [5, 5.41) is 3.29. The zero-order chi connectivity index (χ0) is 17.9. The van der Waals surface area contributed by atoms with Gasteiger partial charge in [-0.1, -0.05) is 32.9 Å². The third-order valence-corrected chi connectivity index (χ3v) is 5.53. The number of morpholine rings is 1. The van der Waals surface area contributed by atoms with Crippen LogP contribution in [0, 0.1) is 0 Å². The van der Waals surface area contributed by atoms with Crippen LogP contribution in [0.3, 0.4) is 0 Å². The van der Waals surface area contributed by atoms with E-state index in [9.17, 15) is 0 Å². The van der Waals surface area contributed by atoms with Gasteiger partial charge in [0.25, 0.3) is 0 Å². The molecule has 1 aliphatic heterocycles. The Morgan fingerprint density at radius 3 is 2.68 bits per heavy atom. The van der Waals surface area contributed by atoms with E-state index in [-0.39, 0.29) is 11.5 Å². The molecule has 25 heavy (non-hydrogen) atoms. The average molecular weight is 361 g/mol. The Bertz CT molecular complexity index is 676. The van der Waals surface area contributed by atoms with Crippen molar-refractivity contribution in [3.8, 4) is 5.75 Å². The molecule has 0 saturated carbocycles. The average Bonchev–Trinajstić information content (AvgIpc) is 3.11. The first-order valence-electron chi connectivity index (χ1n) is 8.88. The first kappa shape index (κ1) is 18.4. The fourth-order valence-corrected chi connectivity index (χ4v) is 4.00. The van der Waals surface area contributed by atoms with Crippen molar-refractivity contribution >= 4 is 11.3 Å². The lowest BCUT2D eigenvalue weighted by molar-refractivity contribution is -0.0297. The van der Waals surface area contributed by atoms with Crippen LogP contribution in [0.25, 0.3) is 0 Å². The summed E-state index contributed by atoms with van der Waals surface area (Å²) in [6, 6.07) is 8.35. The Hall–Kier alpha value is -1.43. The number of benzene rings is 1. The number of rotatable bonds is 5. The number of thiazole rings is 1. The molecule has 1 atom stereocenters. The molecule has 1 aromatic heterocycles. The van der Waals surface area contributed by atoms with Crippen molar-refractivity contribution in [2.24, 2.45) is 0 Å². The van der Waals surface area contributed by atoms with E-state index in [1.165, 1.54) is 5.56 Å². The van der Waals surface area contributed by atoms with E-state index in [0.29, 0.717) is 0 Å². The zero-order valence-electron chi connectivity index (χ0n) is 15.6. The minimum atomic E-state index is 0.0947. The second kappa shape index (κ2) is 7.85. The largest absolute Gasteiger partial charge is 0.497 e. The maximum absolute atomic E-state index is 5.99. The highest BCUT2D eigenvalue weighted by Gasteiger charge is 2.26. The maximum Gasteiger partial charge on any atom is 0.123 e. The molecule has 136 valence electrons. The molecule has 0 N–H and O–H groups in total. The van der Waals surface area contributed by atoms with Crippen molar-refractivity contribution in [1.82, 2.24) is 9.88 Å². The Morgan fingerprint density at radius 2 is 2.04 bits per heavy atom. The van der Waals surface area contributed by atoms with Crippen LogP contribution < -0.4 is 4.74 Å². The fourth-order valence-electron chi connectivity index (χ4n) is 2.91. The van der Waals surface area contributed by atoms with Crippen LogP contribution in [0.5, 0.6) is 5.75 Å². The molecule has 1 unspecified atom stereocenters. The first-order valence-corrected chi connectivity index (χ1v) is 9.76. The first-order chi connectivity index (χ1) is 12.0. The van der Waals surface area contributed by atoms with Crippen LogP contribution in [0.1, 0.15) is 43.1 Å². The summed E-state index contributed by atoms with van der Waals surface area (Å²) in [6.45, 7) is 10.3. The minimum Gasteiger partial charge on any atom is -0.497 e. The van der Waals surface area contributed by atoms with Crippen molar-refractivity contribution in [3.05, 3.63) is 45.9 Å². The topological polar surface area (TPSA) is 34.6 Å². The van der Waals surface area contributed by atoms with Crippen molar-refractivity contribution in [2.75, 3.05) is 33.4 Å². The molecule has 5 heteroatoms. The van der Waals surface area contributed by atoms with E-state index in [1.807, 2.05) is 12.1 Å². The third-order valence-electron chi connectivity index (χ3n) is 4.59. The monoisotopic (exact) mass is 360 g/mol. The number of aromatic nitrogens is 1. The van der Waals surface area contributed by atoms with Gasteiger partial charge >= 0.3 is 0 Å². The summed E-state index contributed by atoms with van der Waals surface area (Å²) < 4.78 is 11.2. The Kier molecular flexibility index (Phi) is 5.77. The molecule has 1 aromatic carbocycles. The van der Waals surface area contributed by atoms with Crippen LogP contribution in [0.4, 0.5) is 0 Å². The van der Waals surface area contributed by atoms with Gasteiger partial charge in [-0.25, -0.2) is 4.98 Å². The van der Waals surface area contributed by atoms with Crippen molar-refractivity contribution in [2.45, 2.75) is 38.7 Å². The van der Waals surface area contributed by atoms with E-state index in [0.717, 1.165) is 49.1 Å². The van der Waals surface area contributed by atoms with E-state index < -0.39 is 0 Å². The Balaban J connectivity index is 1.56. The summed E-state index contributed by atoms with van der Waals surface area (Å²) in [4.78, 5) is 7.31. The highest BCUT2D eigenvalue weighted by atomic mass is 32.1. The number of hydrogen-bond acceptors (Lipinski definition) is 5. The second-order valence-corrected chi connectivity index (χ2v) is 8.47. The van der Waals surface area contributed by atoms with Gasteiger partial charge < -0.3 is 9.47 Å². The third kappa shape index (κ3) is 4.81. The molecule has 1 aliphatic rings. The predicted molar refractivity (Wildman–Crippen MR) is 103 cm³/mol. The van der Waals surface area contributed by atoms with Gasteiger partial charge in [0.1, 0.15) is 16.9 Å². The van der Waals surface area contributed by atoms with Crippen molar-refractivity contribution in [3.63, 3.8) is 0 Å². The highest BCUT2D eigenvalue weighted by molar-refractivity contribution is 7.09. The lowest BCUT2D eigenvalue weighted by Gasteiger charge is -2.32. The number of methoxy groups -OCH3 is 1. The molecule has 1 saturated heterocycles. The SMILES string of the molecule is COc1ccc(CCN2CCOC(c3nc(C(C)(C)C)cs3)C2)cc1. The summed E-state index contributed by atoms with van der Waals surface area (Å²) in [6.07, 6.45) is 1.15. The highest BCUT2D eigenvalue weighted by Crippen LogP contribution is 2.30. The standard InChI is InChI=1S/C20H28N2O2S/c1-20(2,3)18-14-25-19(21-18)17-13-22(11-12-24-17)10-9-15-5-7-16(23-4)8-6-15/h5-8,14,17H,9-13H2,1-4H3. The Labute approximate surface area is 154 Å². The molecule has 3 rings (SSSR count). The Morgan fingerprint density at radius 1 is 1.28 bits per heavy atom. The van der Waals surface area contributed by atoms with Crippen LogP contribution in [-0.4, -0.2) is 43.2 Å². The molecule has 0 amide bonds. The second-order valence-electron chi connectivity index (χ2n) is 7.58. The van der Waals surface area contributed by atoms with Gasteiger partial charge in [-0.15, -0.1) is 11.3 Å². The van der Waals surface area contributed by atoms with Crippen LogP contribution in [0.2, 0.25) is 0 Å². The lowest BCUT2D eigenvalue weighted by atomic mass is 9.93. The number of hydrogen-bond donors (Lipinski definition) is 0.